The highest BCUT2D eigenvalue weighted by Gasteiger charge is 2.09. The molecule has 0 saturated heterocycles. The molecule has 0 aliphatic heterocycles. The maximum Gasteiger partial charge on any atom is 0.246 e. The van der Waals surface area contributed by atoms with Crippen molar-refractivity contribution in [3.05, 3.63) is 28.5 Å². The number of hydrogen-bond acceptors (Lipinski definition) is 4. The Morgan fingerprint density at radius 3 is 2.95 bits per heavy atom. The Morgan fingerprint density at radius 1 is 1.50 bits per heavy atom. The number of nitrogens with zero attached hydrogens (tertiary/aromatic N) is 1. The molecule has 0 aliphatic carbocycles. The van der Waals surface area contributed by atoms with E-state index in [2.05, 4.69) is 5.32 Å². The van der Waals surface area contributed by atoms with Gasteiger partial charge in [0, 0.05) is 38.3 Å². The summed E-state index contributed by atoms with van der Waals surface area (Å²) in [7, 11) is 3.23. The van der Waals surface area contributed by atoms with E-state index in [1.807, 2.05) is 17.5 Å². The molecule has 1 aromatic heterocycles. The van der Waals surface area contributed by atoms with Crippen LogP contribution in [-0.4, -0.2) is 50.6 Å². The van der Waals surface area contributed by atoms with E-state index in [4.69, 9.17) is 4.74 Å². The zero-order valence-electron chi connectivity index (χ0n) is 11.8. The van der Waals surface area contributed by atoms with Gasteiger partial charge in [0.15, 0.2) is 0 Å². The molecule has 1 N–H and O–H groups in total. The van der Waals surface area contributed by atoms with Gasteiger partial charge in [-0.2, -0.15) is 0 Å². The Bertz CT molecular complexity index is 443. The van der Waals surface area contributed by atoms with Gasteiger partial charge < -0.3 is 15.0 Å². The standard InChI is InChI=1S/C14H20N2O3S/c1-16(11-13(17)15-8-4-9-19-2)14(18)7-6-12-5-3-10-20-12/h3,5-7,10H,4,8-9,11H2,1-2H3,(H,15,17)/b7-6+. The Morgan fingerprint density at radius 2 is 2.30 bits per heavy atom. The fourth-order valence-corrected chi connectivity index (χ4v) is 2.08. The average Bonchev–Trinajstić information content (AvgIpc) is 2.94. The van der Waals surface area contributed by atoms with E-state index in [-0.39, 0.29) is 18.4 Å². The van der Waals surface area contributed by atoms with Crippen LogP contribution < -0.4 is 5.32 Å². The number of rotatable bonds is 8. The summed E-state index contributed by atoms with van der Waals surface area (Å²) in [6, 6.07) is 3.85. The lowest BCUT2D eigenvalue weighted by atomic mass is 10.3. The molecule has 0 aliphatic rings. The monoisotopic (exact) mass is 296 g/mol. The summed E-state index contributed by atoms with van der Waals surface area (Å²) in [5, 5.41) is 4.68. The molecule has 20 heavy (non-hydrogen) atoms. The molecular weight excluding hydrogens is 276 g/mol. The second kappa shape index (κ2) is 9.28. The minimum absolute atomic E-state index is 0.0561. The number of carbonyl (C=O) groups is 2. The van der Waals surface area contributed by atoms with Crippen LogP contribution >= 0.6 is 11.3 Å². The fraction of sp³-hybridized carbons (Fsp3) is 0.429. The smallest absolute Gasteiger partial charge is 0.246 e. The predicted molar refractivity (Wildman–Crippen MR) is 80.5 cm³/mol. The summed E-state index contributed by atoms with van der Waals surface area (Å²) in [4.78, 5) is 25.8. The molecule has 1 aromatic rings. The third-order valence-electron chi connectivity index (χ3n) is 2.54. The Balaban J connectivity index is 2.28. The van der Waals surface area contributed by atoms with Crippen molar-refractivity contribution in [3.63, 3.8) is 0 Å². The number of methoxy groups -OCH3 is 1. The van der Waals surface area contributed by atoms with Gasteiger partial charge in [0.2, 0.25) is 11.8 Å². The molecule has 0 saturated carbocycles. The molecule has 5 nitrogen and oxygen atoms in total. The number of nitrogens with one attached hydrogen (secondary N) is 1. The van der Waals surface area contributed by atoms with Gasteiger partial charge >= 0.3 is 0 Å². The summed E-state index contributed by atoms with van der Waals surface area (Å²) in [5.41, 5.74) is 0. The topological polar surface area (TPSA) is 58.6 Å². The highest BCUT2D eigenvalue weighted by molar-refractivity contribution is 7.10. The summed E-state index contributed by atoms with van der Waals surface area (Å²) in [5.74, 6) is -0.355. The molecule has 0 aromatic carbocycles. The van der Waals surface area contributed by atoms with Crippen molar-refractivity contribution in [1.29, 1.82) is 0 Å². The molecule has 1 heterocycles. The first kappa shape index (κ1) is 16.4. The van der Waals surface area contributed by atoms with Crippen LogP contribution in [0.3, 0.4) is 0 Å². The lowest BCUT2D eigenvalue weighted by molar-refractivity contribution is -0.131. The highest BCUT2D eigenvalue weighted by atomic mass is 32.1. The first-order chi connectivity index (χ1) is 9.63. The Kier molecular flexibility index (Phi) is 7.60. The lowest BCUT2D eigenvalue weighted by Crippen LogP contribution is -2.38. The highest BCUT2D eigenvalue weighted by Crippen LogP contribution is 2.10. The summed E-state index contributed by atoms with van der Waals surface area (Å²) in [6.45, 7) is 1.22. The van der Waals surface area contributed by atoms with E-state index >= 15 is 0 Å². The molecule has 0 atom stereocenters. The van der Waals surface area contributed by atoms with E-state index in [0.717, 1.165) is 11.3 Å². The number of thiophene rings is 1. The van der Waals surface area contributed by atoms with Gasteiger partial charge in [0.1, 0.15) is 0 Å². The molecule has 0 spiro atoms. The maximum atomic E-state index is 11.8. The van der Waals surface area contributed by atoms with Gasteiger partial charge in [-0.25, -0.2) is 0 Å². The summed E-state index contributed by atoms with van der Waals surface area (Å²) in [6.07, 6.45) is 3.99. The zero-order valence-corrected chi connectivity index (χ0v) is 12.6. The van der Waals surface area contributed by atoms with Gasteiger partial charge in [-0.15, -0.1) is 11.3 Å². The van der Waals surface area contributed by atoms with Crippen molar-refractivity contribution in [2.45, 2.75) is 6.42 Å². The minimum atomic E-state index is -0.189. The van der Waals surface area contributed by atoms with E-state index in [1.165, 1.54) is 11.0 Å². The molecule has 110 valence electrons. The third-order valence-corrected chi connectivity index (χ3v) is 3.38. The fourth-order valence-electron chi connectivity index (χ4n) is 1.46. The van der Waals surface area contributed by atoms with Gasteiger partial charge in [0.25, 0.3) is 0 Å². The van der Waals surface area contributed by atoms with E-state index in [9.17, 15) is 9.59 Å². The van der Waals surface area contributed by atoms with Crippen molar-refractivity contribution < 1.29 is 14.3 Å². The number of likely N-dealkylation sites (N-methyl/N-ethyl adjacent to an activating group) is 1. The lowest BCUT2D eigenvalue weighted by Gasteiger charge is -2.14. The van der Waals surface area contributed by atoms with Crippen LogP contribution in [0.1, 0.15) is 11.3 Å². The zero-order chi connectivity index (χ0) is 14.8. The number of hydrogen-bond donors (Lipinski definition) is 1. The van der Waals surface area contributed by atoms with Crippen molar-refractivity contribution >= 4 is 29.2 Å². The molecular formula is C14H20N2O3S. The third kappa shape index (κ3) is 6.49. The van der Waals surface area contributed by atoms with Crippen LogP contribution in [0.15, 0.2) is 23.6 Å². The van der Waals surface area contributed by atoms with Crippen LogP contribution in [0.5, 0.6) is 0 Å². The first-order valence-electron chi connectivity index (χ1n) is 6.36. The molecule has 0 fully saturated rings. The molecule has 6 heteroatoms. The second-order valence-corrected chi connectivity index (χ2v) is 5.22. The minimum Gasteiger partial charge on any atom is -0.385 e. The number of amides is 2. The van der Waals surface area contributed by atoms with Crippen molar-refractivity contribution in [3.8, 4) is 0 Å². The quantitative estimate of drug-likeness (QED) is 0.582. The van der Waals surface area contributed by atoms with Crippen LogP contribution in [0, 0.1) is 0 Å². The first-order valence-corrected chi connectivity index (χ1v) is 7.23. The molecule has 0 unspecified atom stereocenters. The van der Waals surface area contributed by atoms with Gasteiger partial charge in [-0.05, 0) is 23.9 Å². The van der Waals surface area contributed by atoms with Crippen molar-refractivity contribution in [2.75, 3.05) is 33.9 Å². The molecule has 2 amide bonds. The van der Waals surface area contributed by atoms with Crippen LogP contribution in [0.25, 0.3) is 6.08 Å². The van der Waals surface area contributed by atoms with Crippen molar-refractivity contribution in [1.82, 2.24) is 10.2 Å². The van der Waals surface area contributed by atoms with Crippen LogP contribution in [0.4, 0.5) is 0 Å². The van der Waals surface area contributed by atoms with E-state index in [0.29, 0.717) is 13.2 Å². The van der Waals surface area contributed by atoms with Crippen LogP contribution in [0.2, 0.25) is 0 Å². The average molecular weight is 296 g/mol. The maximum absolute atomic E-state index is 11.8. The number of carbonyl (C=O) groups excluding carboxylic acids is 2. The van der Waals surface area contributed by atoms with E-state index in [1.54, 1.807) is 31.6 Å². The second-order valence-electron chi connectivity index (χ2n) is 4.24. The number of ether oxygens (including phenoxy) is 1. The molecule has 0 bridgehead atoms. The van der Waals surface area contributed by atoms with Gasteiger partial charge in [0.05, 0.1) is 6.54 Å². The van der Waals surface area contributed by atoms with Crippen LogP contribution in [-0.2, 0) is 14.3 Å². The summed E-state index contributed by atoms with van der Waals surface area (Å²) < 4.78 is 4.89. The Labute approximate surface area is 123 Å². The molecule has 0 radical (unpaired) electrons. The van der Waals surface area contributed by atoms with Crippen molar-refractivity contribution in [2.24, 2.45) is 0 Å². The predicted octanol–water partition coefficient (Wildman–Crippen LogP) is 1.37. The van der Waals surface area contributed by atoms with Gasteiger partial charge in [-0.3, -0.25) is 9.59 Å². The molecule has 1 rings (SSSR count). The van der Waals surface area contributed by atoms with E-state index < -0.39 is 0 Å². The van der Waals surface area contributed by atoms with Gasteiger partial charge in [-0.1, -0.05) is 6.07 Å². The largest absolute Gasteiger partial charge is 0.385 e. The SMILES string of the molecule is COCCCNC(=O)CN(C)C(=O)/C=C/c1cccs1. The summed E-state index contributed by atoms with van der Waals surface area (Å²) >= 11 is 1.56. The normalized spacial score (nSPS) is 10.7. The Hall–Kier alpha value is -1.66.